The highest BCUT2D eigenvalue weighted by Crippen LogP contribution is 2.51. The molecule has 0 spiro atoms. The van der Waals surface area contributed by atoms with Gasteiger partial charge in [0.05, 0.1) is 26.0 Å². The number of morpholine rings is 1. The molecular formula is C25H22F9NO5. The van der Waals surface area contributed by atoms with Crippen LogP contribution >= 0.6 is 0 Å². The fraction of sp³-hybridized carbons (Fsp3) is 0.480. The number of alkyl halides is 9. The number of aliphatic hydroxyl groups is 1. The molecule has 0 bridgehead atoms. The predicted molar refractivity (Wildman–Crippen MR) is 120 cm³/mol. The van der Waals surface area contributed by atoms with Gasteiger partial charge in [-0.15, -0.1) is 13.2 Å². The molecule has 0 aromatic heterocycles. The van der Waals surface area contributed by atoms with E-state index in [1.54, 1.807) is 6.07 Å². The molecule has 1 N–H and O–H groups in total. The molecule has 1 aliphatic heterocycles. The third-order valence-electron chi connectivity index (χ3n) is 6.78. The molecule has 2 aromatic carbocycles. The third kappa shape index (κ3) is 5.66. The highest BCUT2D eigenvalue weighted by Gasteiger charge is 2.71. The van der Waals surface area contributed by atoms with Crippen LogP contribution in [-0.4, -0.2) is 63.0 Å². The van der Waals surface area contributed by atoms with Crippen LogP contribution in [0.1, 0.15) is 27.0 Å². The summed E-state index contributed by atoms with van der Waals surface area (Å²) in [6.45, 7) is 1.95. The topological polar surface area (TPSA) is 68.2 Å². The van der Waals surface area contributed by atoms with Crippen molar-refractivity contribution in [1.29, 1.82) is 0 Å². The summed E-state index contributed by atoms with van der Waals surface area (Å²) in [7, 11) is 1.39. The summed E-state index contributed by atoms with van der Waals surface area (Å²) >= 11 is 0. The maximum Gasteiger partial charge on any atom is 0.573 e. The maximum absolute atomic E-state index is 13.5. The zero-order valence-electron chi connectivity index (χ0n) is 20.6. The Morgan fingerprint density at radius 3 is 2.12 bits per heavy atom. The van der Waals surface area contributed by atoms with Crippen LogP contribution in [0.25, 0.3) is 0 Å². The van der Waals surface area contributed by atoms with Gasteiger partial charge in [0, 0.05) is 30.1 Å². The first-order valence-electron chi connectivity index (χ1n) is 11.8. The van der Waals surface area contributed by atoms with E-state index in [4.69, 9.17) is 9.47 Å². The second-order valence-corrected chi connectivity index (χ2v) is 9.37. The van der Waals surface area contributed by atoms with E-state index in [0.717, 1.165) is 0 Å². The number of halogens is 9. The van der Waals surface area contributed by atoms with E-state index in [1.165, 1.54) is 13.2 Å². The molecular weight excluding hydrogens is 565 g/mol. The number of rotatable bonds is 6. The second kappa shape index (κ2) is 10.3. The first-order chi connectivity index (χ1) is 18.4. The van der Waals surface area contributed by atoms with Gasteiger partial charge < -0.3 is 24.2 Å². The van der Waals surface area contributed by atoms with Gasteiger partial charge in [-0.2, -0.15) is 26.3 Å². The summed E-state index contributed by atoms with van der Waals surface area (Å²) in [4.78, 5) is 15.1. The van der Waals surface area contributed by atoms with Gasteiger partial charge in [0.25, 0.3) is 5.60 Å². The number of anilines is 1. The molecule has 1 saturated heterocycles. The lowest BCUT2D eigenvalue weighted by Crippen LogP contribution is -2.54. The van der Waals surface area contributed by atoms with Crippen LogP contribution in [0.4, 0.5) is 45.2 Å². The largest absolute Gasteiger partial charge is 0.573 e. The number of benzene rings is 2. The van der Waals surface area contributed by atoms with Crippen molar-refractivity contribution in [2.45, 2.75) is 37.2 Å². The van der Waals surface area contributed by atoms with Gasteiger partial charge in [-0.25, -0.2) is 0 Å². The van der Waals surface area contributed by atoms with Crippen molar-refractivity contribution < 1.29 is 63.6 Å². The lowest BCUT2D eigenvalue weighted by molar-refractivity contribution is -0.376. The van der Waals surface area contributed by atoms with Crippen molar-refractivity contribution in [3.8, 4) is 11.5 Å². The van der Waals surface area contributed by atoms with Gasteiger partial charge in [-0.05, 0) is 48.2 Å². The summed E-state index contributed by atoms with van der Waals surface area (Å²) in [5, 5.41) is 9.79. The van der Waals surface area contributed by atoms with Crippen molar-refractivity contribution in [2.24, 2.45) is 5.92 Å². The molecule has 2 aromatic rings. The zero-order chi connectivity index (χ0) is 29.7. The lowest BCUT2D eigenvalue weighted by atomic mass is 9.88. The summed E-state index contributed by atoms with van der Waals surface area (Å²) in [5.74, 6) is -2.60. The summed E-state index contributed by atoms with van der Waals surface area (Å²) in [6.07, 6.45) is -18.7. The van der Waals surface area contributed by atoms with Crippen LogP contribution < -0.4 is 14.4 Å². The molecule has 0 radical (unpaired) electrons. The van der Waals surface area contributed by atoms with E-state index in [-0.39, 0.29) is 24.1 Å². The van der Waals surface area contributed by atoms with Crippen molar-refractivity contribution in [1.82, 2.24) is 0 Å². The number of hydrogen-bond acceptors (Lipinski definition) is 6. The molecule has 6 nitrogen and oxygen atoms in total. The zero-order valence-corrected chi connectivity index (χ0v) is 20.6. The molecule has 220 valence electrons. The first kappa shape index (κ1) is 29.8. The van der Waals surface area contributed by atoms with Crippen molar-refractivity contribution in [3.63, 3.8) is 0 Å². The Kier molecular flexibility index (Phi) is 7.69. The molecule has 4 rings (SSSR count). The third-order valence-corrected chi connectivity index (χ3v) is 6.78. The Morgan fingerprint density at radius 2 is 1.57 bits per heavy atom. The number of methoxy groups -OCH3 is 1. The summed E-state index contributed by atoms with van der Waals surface area (Å²) < 4.78 is 134. The quantitative estimate of drug-likeness (QED) is 0.461. The normalized spacial score (nSPS) is 18.6. The van der Waals surface area contributed by atoms with Gasteiger partial charge in [-0.3, -0.25) is 4.79 Å². The minimum absolute atomic E-state index is 0.0119. The van der Waals surface area contributed by atoms with Crippen molar-refractivity contribution >= 4 is 11.5 Å². The monoisotopic (exact) mass is 587 g/mol. The van der Waals surface area contributed by atoms with Crippen LogP contribution in [0.3, 0.4) is 0 Å². The molecule has 0 amide bonds. The number of carbonyl (C=O) groups excluding carboxylic acids is 1. The standard InChI is InChI=1S/C25H22F9NO5/c1-38-20-12-18-14(10-19(20)35-2-4-39-5-3-35)9-15(21(18)36)6-13-7-16(11-17(8-13)40-25(32,33)34)22(37,23(26,27)28)24(29,30)31/h7-8,10-12,15,37H,2-6,9H2,1H3. The van der Waals surface area contributed by atoms with Crippen LogP contribution in [0.2, 0.25) is 0 Å². The molecule has 0 saturated carbocycles. The second-order valence-electron chi connectivity index (χ2n) is 9.37. The molecule has 1 aliphatic carbocycles. The summed E-state index contributed by atoms with van der Waals surface area (Å²) in [5.41, 5.74) is -6.53. The SMILES string of the molecule is COc1cc2c(cc1N1CCOCC1)CC(Cc1cc(OC(F)(F)F)cc(C(O)(C(F)(F)F)C(F)(F)F)c1)C2=O. The fourth-order valence-corrected chi connectivity index (χ4v) is 4.92. The lowest BCUT2D eigenvalue weighted by Gasteiger charge is -2.33. The van der Waals surface area contributed by atoms with Crippen molar-refractivity contribution in [3.05, 3.63) is 52.6 Å². The van der Waals surface area contributed by atoms with E-state index >= 15 is 0 Å². The number of ketones is 1. The van der Waals surface area contributed by atoms with Gasteiger partial charge in [0.15, 0.2) is 5.78 Å². The minimum atomic E-state index is -6.34. The molecule has 15 heteroatoms. The minimum Gasteiger partial charge on any atom is -0.495 e. The number of fused-ring (bicyclic) bond motifs is 1. The van der Waals surface area contributed by atoms with Crippen molar-refractivity contribution in [2.75, 3.05) is 38.3 Å². The number of nitrogens with zero attached hydrogens (tertiary/aromatic N) is 1. The number of Topliss-reactive ketones (excluding diaryl/α,β-unsaturated/α-hetero) is 1. The van der Waals surface area contributed by atoms with Gasteiger partial charge in [-0.1, -0.05) is 6.07 Å². The molecule has 1 unspecified atom stereocenters. The van der Waals surface area contributed by atoms with E-state index in [0.29, 0.717) is 49.4 Å². The highest BCUT2D eigenvalue weighted by molar-refractivity contribution is 6.03. The molecule has 2 aliphatic rings. The highest BCUT2D eigenvalue weighted by atomic mass is 19.4. The van der Waals surface area contributed by atoms with Crippen LogP contribution in [0.5, 0.6) is 11.5 Å². The number of ether oxygens (including phenoxy) is 3. The number of carbonyl (C=O) groups is 1. The summed E-state index contributed by atoms with van der Waals surface area (Å²) in [6, 6.07) is 3.85. The molecule has 1 heterocycles. The Balaban J connectivity index is 1.72. The predicted octanol–water partition coefficient (Wildman–Crippen LogP) is 5.34. The average Bonchev–Trinajstić information content (AvgIpc) is 3.14. The maximum atomic E-state index is 13.5. The van der Waals surface area contributed by atoms with E-state index in [1.807, 2.05) is 4.90 Å². The van der Waals surface area contributed by atoms with E-state index < -0.39 is 59.3 Å². The number of hydrogen-bond donors (Lipinski definition) is 1. The Labute approximate surface area is 221 Å². The van der Waals surface area contributed by atoms with Crippen LogP contribution in [0, 0.1) is 5.92 Å². The van der Waals surface area contributed by atoms with Gasteiger partial charge in [0.2, 0.25) is 0 Å². The first-order valence-corrected chi connectivity index (χ1v) is 11.8. The molecule has 1 fully saturated rings. The Morgan fingerprint density at radius 1 is 0.950 bits per heavy atom. The molecule has 1 atom stereocenters. The average molecular weight is 587 g/mol. The van der Waals surface area contributed by atoms with Crippen LogP contribution in [0.15, 0.2) is 30.3 Å². The Bertz CT molecular complexity index is 1250. The van der Waals surface area contributed by atoms with E-state index in [2.05, 4.69) is 4.74 Å². The Hall–Kier alpha value is -3.20. The van der Waals surface area contributed by atoms with Crippen LogP contribution in [-0.2, 0) is 23.2 Å². The van der Waals surface area contributed by atoms with Gasteiger partial charge >= 0.3 is 18.7 Å². The van der Waals surface area contributed by atoms with Gasteiger partial charge in [0.1, 0.15) is 11.5 Å². The molecule has 40 heavy (non-hydrogen) atoms. The fourth-order valence-electron chi connectivity index (χ4n) is 4.92. The van der Waals surface area contributed by atoms with E-state index in [9.17, 15) is 49.4 Å². The smallest absolute Gasteiger partial charge is 0.495 e.